The minimum Gasteiger partial charge on any atom is -0.489 e. The predicted octanol–water partition coefficient (Wildman–Crippen LogP) is 7.35. The first-order valence-corrected chi connectivity index (χ1v) is 14.9. The molecular formula is C31H44FN2O4P. The maximum Gasteiger partial charge on any atom is 0.213 e. The zero-order chi connectivity index (χ0) is 29.1. The number of ether oxygens (including phenoxy) is 2. The van der Waals surface area contributed by atoms with E-state index in [1.165, 1.54) is 13.3 Å². The highest BCUT2D eigenvalue weighted by molar-refractivity contribution is 7.45. The Kier molecular flexibility index (Phi) is 13.3. The Morgan fingerprint density at radius 1 is 0.923 bits per heavy atom. The fourth-order valence-corrected chi connectivity index (χ4v) is 4.75. The van der Waals surface area contributed by atoms with Crippen LogP contribution in [0.2, 0.25) is 0 Å². The van der Waals surface area contributed by atoms with Gasteiger partial charge in [-0.25, -0.2) is 9.37 Å². The summed E-state index contributed by atoms with van der Waals surface area (Å²) >= 11 is 0. The molecule has 0 saturated heterocycles. The zero-order valence-corrected chi connectivity index (χ0v) is 25.4. The van der Waals surface area contributed by atoms with Crippen LogP contribution in [0.1, 0.15) is 65.2 Å². The van der Waals surface area contributed by atoms with Gasteiger partial charge in [0.05, 0.1) is 13.3 Å². The van der Waals surface area contributed by atoms with Gasteiger partial charge in [0.2, 0.25) is 5.88 Å². The van der Waals surface area contributed by atoms with E-state index in [1.54, 1.807) is 6.07 Å². The number of methoxy groups -OCH3 is 1. The van der Waals surface area contributed by atoms with Crippen molar-refractivity contribution in [1.29, 1.82) is 0 Å². The van der Waals surface area contributed by atoms with E-state index in [9.17, 15) is 14.2 Å². The summed E-state index contributed by atoms with van der Waals surface area (Å²) in [6, 6.07) is 15.9. The second kappa shape index (κ2) is 15.9. The first-order valence-electron chi connectivity index (χ1n) is 13.5. The van der Waals surface area contributed by atoms with Gasteiger partial charge in [-0.3, -0.25) is 4.90 Å². The molecule has 3 rings (SSSR count). The van der Waals surface area contributed by atoms with Gasteiger partial charge in [-0.1, -0.05) is 51.1 Å². The molecule has 2 N–H and O–H groups in total. The molecule has 0 amide bonds. The molecule has 0 aliphatic carbocycles. The van der Waals surface area contributed by atoms with E-state index >= 15 is 0 Å². The van der Waals surface area contributed by atoms with Crippen molar-refractivity contribution in [1.82, 2.24) is 9.88 Å². The van der Waals surface area contributed by atoms with Crippen molar-refractivity contribution < 1.29 is 23.7 Å². The largest absolute Gasteiger partial charge is 0.489 e. The Morgan fingerprint density at radius 3 is 2.23 bits per heavy atom. The number of halogens is 1. The second-order valence-corrected chi connectivity index (χ2v) is 11.4. The molecule has 0 spiro atoms. The molecular weight excluding hydrogens is 514 g/mol. The lowest BCUT2D eigenvalue weighted by atomic mass is 9.96. The first-order chi connectivity index (χ1) is 18.6. The molecule has 6 nitrogen and oxygen atoms in total. The third-order valence-electron chi connectivity index (χ3n) is 6.41. The molecule has 39 heavy (non-hydrogen) atoms. The standard InChI is InChI=1S/C29H38FN2O4P.C2H6/c1-19(2)32(20(3)4)17-24-13-23(10-11-26(24)27-15-29(35-6)31-16-28(27)30)18-36-25-9-7-8-22(14-25)12-21(5)37(33)34;1-2/h7-11,13-16,19-21,33-34H,12,17-18H2,1-6H3;1-2H3. The summed E-state index contributed by atoms with van der Waals surface area (Å²) in [4.78, 5) is 25.3. The van der Waals surface area contributed by atoms with Crippen LogP contribution in [0, 0.1) is 5.82 Å². The Hall–Kier alpha value is -2.57. The molecule has 1 heterocycles. The molecule has 0 aliphatic heterocycles. The SMILES string of the molecule is CC.COc1cc(-c2ccc(COc3cccc(CC(C)P(O)O)c3)cc2CN(C(C)C)C(C)C)c(F)cn1. The Morgan fingerprint density at radius 2 is 1.62 bits per heavy atom. The maximum absolute atomic E-state index is 14.9. The molecule has 8 heteroatoms. The van der Waals surface area contributed by atoms with E-state index in [1.807, 2.05) is 57.2 Å². The van der Waals surface area contributed by atoms with E-state index in [0.29, 0.717) is 48.8 Å². The lowest BCUT2D eigenvalue weighted by Crippen LogP contribution is -2.36. The van der Waals surface area contributed by atoms with E-state index in [-0.39, 0.29) is 5.66 Å². The molecule has 0 aliphatic rings. The molecule has 3 aromatic rings. The quantitative estimate of drug-likeness (QED) is 0.227. The smallest absolute Gasteiger partial charge is 0.213 e. The van der Waals surface area contributed by atoms with Crippen molar-refractivity contribution >= 4 is 8.38 Å². The molecule has 1 unspecified atom stereocenters. The average molecular weight is 559 g/mol. The summed E-state index contributed by atoms with van der Waals surface area (Å²) in [5.74, 6) is 0.682. The molecule has 2 aromatic carbocycles. The van der Waals surface area contributed by atoms with Gasteiger partial charge >= 0.3 is 0 Å². The third kappa shape index (κ3) is 9.54. The Labute approximate surface area is 234 Å². The van der Waals surface area contributed by atoms with Gasteiger partial charge in [-0.15, -0.1) is 0 Å². The highest BCUT2D eigenvalue weighted by Crippen LogP contribution is 2.34. The van der Waals surface area contributed by atoms with Crippen LogP contribution in [0.15, 0.2) is 54.7 Å². The van der Waals surface area contributed by atoms with Crippen molar-refractivity contribution in [2.24, 2.45) is 0 Å². The van der Waals surface area contributed by atoms with Crippen molar-refractivity contribution in [2.75, 3.05) is 7.11 Å². The van der Waals surface area contributed by atoms with Gasteiger partial charge in [-0.05, 0) is 68.5 Å². The first kappa shape index (κ1) is 32.6. The van der Waals surface area contributed by atoms with Gasteiger partial charge in [0.15, 0.2) is 8.38 Å². The number of nitrogens with zero attached hydrogens (tertiary/aromatic N) is 2. The van der Waals surface area contributed by atoms with Crippen LogP contribution in [0.3, 0.4) is 0 Å². The summed E-state index contributed by atoms with van der Waals surface area (Å²) in [5.41, 5.74) is 4.00. The van der Waals surface area contributed by atoms with Crippen LogP contribution in [0.25, 0.3) is 11.1 Å². The van der Waals surface area contributed by atoms with Gasteiger partial charge in [0.25, 0.3) is 0 Å². The summed E-state index contributed by atoms with van der Waals surface area (Å²) in [5, 5.41) is 0. The number of hydrogen-bond donors (Lipinski definition) is 2. The highest BCUT2D eigenvalue weighted by Gasteiger charge is 2.19. The normalized spacial score (nSPS) is 12.1. The summed E-state index contributed by atoms with van der Waals surface area (Å²) in [7, 11) is -0.450. The Bertz CT molecular complexity index is 1170. The fourth-order valence-electron chi connectivity index (χ4n) is 4.38. The van der Waals surface area contributed by atoms with Crippen molar-refractivity contribution in [3.05, 3.63) is 77.2 Å². The zero-order valence-electron chi connectivity index (χ0n) is 24.5. The topological polar surface area (TPSA) is 75.1 Å². The highest BCUT2D eigenvalue weighted by atomic mass is 31.2. The van der Waals surface area contributed by atoms with Crippen LogP contribution < -0.4 is 9.47 Å². The third-order valence-corrected chi connectivity index (χ3v) is 7.38. The number of rotatable bonds is 12. The van der Waals surface area contributed by atoms with E-state index in [2.05, 4.69) is 43.6 Å². The van der Waals surface area contributed by atoms with Gasteiger partial charge < -0.3 is 19.3 Å². The van der Waals surface area contributed by atoms with Crippen molar-refractivity contribution in [2.45, 2.75) is 85.8 Å². The predicted molar refractivity (Wildman–Crippen MR) is 159 cm³/mol. The van der Waals surface area contributed by atoms with Crippen LogP contribution in [-0.2, 0) is 19.6 Å². The summed E-state index contributed by atoms with van der Waals surface area (Å²) < 4.78 is 26.2. The van der Waals surface area contributed by atoms with Crippen LogP contribution in [0.4, 0.5) is 4.39 Å². The Balaban J connectivity index is 0.00000260. The lowest BCUT2D eigenvalue weighted by molar-refractivity contribution is 0.166. The second-order valence-electron chi connectivity index (χ2n) is 9.87. The molecule has 1 atom stereocenters. The molecule has 0 bridgehead atoms. The number of hydrogen-bond acceptors (Lipinski definition) is 6. The van der Waals surface area contributed by atoms with Crippen molar-refractivity contribution in [3.8, 4) is 22.8 Å². The molecule has 0 saturated carbocycles. The molecule has 0 fully saturated rings. The molecule has 1 aromatic heterocycles. The van der Waals surface area contributed by atoms with Crippen LogP contribution in [-0.4, -0.2) is 44.5 Å². The van der Waals surface area contributed by atoms with E-state index < -0.39 is 14.2 Å². The maximum atomic E-state index is 14.9. The van der Waals surface area contributed by atoms with Gasteiger partial charge in [0, 0.05) is 35.9 Å². The summed E-state index contributed by atoms with van der Waals surface area (Å²) in [6.45, 7) is 15.5. The van der Waals surface area contributed by atoms with E-state index in [4.69, 9.17) is 9.47 Å². The van der Waals surface area contributed by atoms with Gasteiger partial charge in [-0.2, -0.15) is 0 Å². The van der Waals surface area contributed by atoms with Gasteiger partial charge in [0.1, 0.15) is 18.2 Å². The average Bonchev–Trinajstić information content (AvgIpc) is 2.92. The number of benzene rings is 2. The summed E-state index contributed by atoms with van der Waals surface area (Å²) in [6.07, 6.45) is 1.76. The fraction of sp³-hybridized carbons (Fsp3) is 0.452. The lowest BCUT2D eigenvalue weighted by Gasteiger charge is -2.31. The van der Waals surface area contributed by atoms with Crippen LogP contribution >= 0.6 is 8.38 Å². The number of pyridine rings is 1. The molecule has 0 radical (unpaired) electrons. The minimum absolute atomic E-state index is 0.211. The number of aromatic nitrogens is 1. The minimum atomic E-state index is -1.97. The van der Waals surface area contributed by atoms with Crippen LogP contribution in [0.5, 0.6) is 11.6 Å². The monoisotopic (exact) mass is 558 g/mol. The van der Waals surface area contributed by atoms with E-state index in [0.717, 1.165) is 22.3 Å². The van der Waals surface area contributed by atoms with Crippen molar-refractivity contribution in [3.63, 3.8) is 0 Å². The molecule has 214 valence electrons.